The summed E-state index contributed by atoms with van der Waals surface area (Å²) in [6.07, 6.45) is 2.33. The van der Waals surface area contributed by atoms with E-state index in [-0.39, 0.29) is 11.9 Å². The average molecular weight is 340 g/mol. The van der Waals surface area contributed by atoms with E-state index in [1.807, 2.05) is 49.2 Å². The predicted molar refractivity (Wildman–Crippen MR) is 96.7 cm³/mol. The Morgan fingerprint density at radius 3 is 2.76 bits per heavy atom. The molecule has 0 saturated carbocycles. The fourth-order valence-electron chi connectivity index (χ4n) is 3.28. The van der Waals surface area contributed by atoms with E-state index < -0.39 is 0 Å². The van der Waals surface area contributed by atoms with Crippen LogP contribution in [-0.4, -0.2) is 41.5 Å². The summed E-state index contributed by atoms with van der Waals surface area (Å²) in [7, 11) is 3.48. The molecule has 0 unspecified atom stereocenters. The molecule has 1 saturated heterocycles. The number of rotatable bonds is 5. The van der Waals surface area contributed by atoms with E-state index in [2.05, 4.69) is 15.3 Å². The maximum Gasteiger partial charge on any atom is 0.227 e. The summed E-state index contributed by atoms with van der Waals surface area (Å²) in [5, 5.41) is 3.06. The summed E-state index contributed by atoms with van der Waals surface area (Å²) in [5.41, 5.74) is 1.91. The van der Waals surface area contributed by atoms with Gasteiger partial charge in [0.15, 0.2) is 0 Å². The van der Waals surface area contributed by atoms with Gasteiger partial charge in [-0.05, 0) is 37.5 Å². The third-order valence-electron chi connectivity index (χ3n) is 4.54. The molecule has 1 aliphatic rings. The van der Waals surface area contributed by atoms with Crippen molar-refractivity contribution in [1.29, 1.82) is 0 Å². The highest BCUT2D eigenvalue weighted by Gasteiger charge is 2.31. The molecule has 0 bridgehead atoms. The lowest BCUT2D eigenvalue weighted by Gasteiger charge is -2.25. The van der Waals surface area contributed by atoms with Crippen molar-refractivity contribution in [2.45, 2.75) is 32.2 Å². The number of nitrogens with zero attached hydrogens (tertiary/aromatic N) is 3. The van der Waals surface area contributed by atoms with Gasteiger partial charge in [-0.1, -0.05) is 12.1 Å². The first-order chi connectivity index (χ1) is 12.1. The smallest absolute Gasteiger partial charge is 0.227 e. The number of carbonyl (C=O) groups is 1. The average Bonchev–Trinajstić information content (AvgIpc) is 3.11. The zero-order chi connectivity index (χ0) is 17.8. The Balaban J connectivity index is 1.76. The van der Waals surface area contributed by atoms with Crippen molar-refractivity contribution < 1.29 is 9.53 Å². The van der Waals surface area contributed by atoms with Gasteiger partial charge in [-0.3, -0.25) is 4.79 Å². The molecule has 1 aromatic carbocycles. The van der Waals surface area contributed by atoms with Crippen molar-refractivity contribution in [3.63, 3.8) is 0 Å². The highest BCUT2D eigenvalue weighted by atomic mass is 16.5. The van der Waals surface area contributed by atoms with E-state index >= 15 is 0 Å². The first-order valence-corrected chi connectivity index (χ1v) is 8.56. The largest absolute Gasteiger partial charge is 0.497 e. The monoisotopic (exact) mass is 340 g/mol. The molecule has 1 amide bonds. The second-order valence-electron chi connectivity index (χ2n) is 6.25. The Kier molecular flexibility index (Phi) is 5.16. The van der Waals surface area contributed by atoms with Crippen LogP contribution in [0.4, 0.5) is 5.82 Å². The topological polar surface area (TPSA) is 67.4 Å². The van der Waals surface area contributed by atoms with Gasteiger partial charge >= 0.3 is 0 Å². The van der Waals surface area contributed by atoms with E-state index in [1.165, 1.54) is 0 Å². The SMILES string of the molecule is CNc1cc([C@@H]2CCCN2C(=O)Cc2ccc(OC)cc2)nc(C)n1. The highest BCUT2D eigenvalue weighted by molar-refractivity contribution is 5.79. The van der Waals surface area contributed by atoms with E-state index in [1.54, 1.807) is 7.11 Å². The number of aromatic nitrogens is 2. The van der Waals surface area contributed by atoms with Gasteiger partial charge in [0.05, 0.1) is 25.3 Å². The van der Waals surface area contributed by atoms with Crippen molar-refractivity contribution in [3.05, 3.63) is 47.4 Å². The Hall–Kier alpha value is -2.63. The molecule has 132 valence electrons. The van der Waals surface area contributed by atoms with Crippen LogP contribution in [0.15, 0.2) is 30.3 Å². The second kappa shape index (κ2) is 7.51. The minimum Gasteiger partial charge on any atom is -0.497 e. The Morgan fingerprint density at radius 2 is 2.08 bits per heavy atom. The highest BCUT2D eigenvalue weighted by Crippen LogP contribution is 2.32. The molecule has 0 radical (unpaired) electrons. The number of ether oxygens (including phenoxy) is 1. The van der Waals surface area contributed by atoms with Crippen molar-refractivity contribution in [2.24, 2.45) is 0 Å². The summed E-state index contributed by atoms with van der Waals surface area (Å²) < 4.78 is 5.17. The van der Waals surface area contributed by atoms with Crippen molar-refractivity contribution in [2.75, 3.05) is 26.0 Å². The van der Waals surface area contributed by atoms with Crippen LogP contribution < -0.4 is 10.1 Å². The van der Waals surface area contributed by atoms with E-state index in [0.717, 1.165) is 48.0 Å². The van der Waals surface area contributed by atoms with Crippen LogP contribution >= 0.6 is 0 Å². The number of likely N-dealkylation sites (tertiary alicyclic amines) is 1. The summed E-state index contributed by atoms with van der Waals surface area (Å²) in [4.78, 5) is 23.7. The van der Waals surface area contributed by atoms with Crippen LogP contribution in [-0.2, 0) is 11.2 Å². The molecule has 1 aromatic heterocycles. The van der Waals surface area contributed by atoms with Gasteiger partial charge in [0.1, 0.15) is 17.4 Å². The number of benzene rings is 1. The lowest BCUT2D eigenvalue weighted by Crippen LogP contribution is -2.32. The van der Waals surface area contributed by atoms with E-state index in [0.29, 0.717) is 6.42 Å². The molecule has 6 heteroatoms. The molecular formula is C19H24N4O2. The molecular weight excluding hydrogens is 316 g/mol. The maximum absolute atomic E-state index is 12.8. The van der Waals surface area contributed by atoms with Crippen LogP contribution in [0.5, 0.6) is 5.75 Å². The van der Waals surface area contributed by atoms with E-state index in [9.17, 15) is 4.79 Å². The lowest BCUT2D eigenvalue weighted by atomic mass is 10.1. The number of aryl methyl sites for hydroxylation is 1. The van der Waals surface area contributed by atoms with Crippen molar-refractivity contribution in [1.82, 2.24) is 14.9 Å². The predicted octanol–water partition coefficient (Wildman–Crippen LogP) is 2.74. The first-order valence-electron chi connectivity index (χ1n) is 8.56. The minimum absolute atomic E-state index is 0.0274. The molecule has 3 rings (SSSR count). The third-order valence-corrected chi connectivity index (χ3v) is 4.54. The Bertz CT molecular complexity index is 746. The van der Waals surface area contributed by atoms with Crippen molar-refractivity contribution >= 4 is 11.7 Å². The summed E-state index contributed by atoms with van der Waals surface area (Å²) in [6, 6.07) is 9.62. The Morgan fingerprint density at radius 1 is 1.32 bits per heavy atom. The van der Waals surface area contributed by atoms with E-state index in [4.69, 9.17) is 4.74 Å². The zero-order valence-corrected chi connectivity index (χ0v) is 15.0. The van der Waals surface area contributed by atoms with Crippen LogP contribution in [0.2, 0.25) is 0 Å². The van der Waals surface area contributed by atoms with Crippen molar-refractivity contribution in [3.8, 4) is 5.75 Å². The molecule has 1 N–H and O–H groups in total. The number of amides is 1. The van der Waals surface area contributed by atoms with Crippen LogP contribution in [0.3, 0.4) is 0 Å². The molecule has 1 aliphatic heterocycles. The number of anilines is 1. The lowest BCUT2D eigenvalue weighted by molar-refractivity contribution is -0.131. The number of carbonyl (C=O) groups excluding carboxylic acids is 1. The maximum atomic E-state index is 12.8. The molecule has 0 aliphatic carbocycles. The minimum atomic E-state index is 0.0274. The molecule has 1 fully saturated rings. The normalized spacial score (nSPS) is 16.8. The van der Waals surface area contributed by atoms with Gasteiger partial charge in [-0.2, -0.15) is 0 Å². The number of hydrogen-bond donors (Lipinski definition) is 1. The fraction of sp³-hybridized carbons (Fsp3) is 0.421. The summed E-state index contributed by atoms with van der Waals surface area (Å²) in [6.45, 7) is 2.65. The second-order valence-corrected chi connectivity index (χ2v) is 6.25. The van der Waals surface area contributed by atoms with Gasteiger partial charge < -0.3 is 15.0 Å². The first kappa shape index (κ1) is 17.2. The summed E-state index contributed by atoms with van der Waals surface area (Å²) in [5.74, 6) is 2.44. The van der Waals surface area contributed by atoms with Gasteiger partial charge in [0.25, 0.3) is 0 Å². The Labute approximate surface area is 148 Å². The standard InChI is InChI=1S/C19H24N4O2/c1-13-21-16(12-18(20-2)22-13)17-5-4-10-23(17)19(24)11-14-6-8-15(25-3)9-7-14/h6-9,12,17H,4-5,10-11H2,1-3H3,(H,20,21,22)/t17-/m0/s1. The van der Waals surface area contributed by atoms with Gasteiger partial charge in [0, 0.05) is 19.7 Å². The van der Waals surface area contributed by atoms with Crippen LogP contribution in [0.25, 0.3) is 0 Å². The quantitative estimate of drug-likeness (QED) is 0.906. The van der Waals surface area contributed by atoms with Gasteiger partial charge in [-0.25, -0.2) is 9.97 Å². The third kappa shape index (κ3) is 3.90. The number of hydrogen-bond acceptors (Lipinski definition) is 5. The molecule has 0 spiro atoms. The van der Waals surface area contributed by atoms with Crippen LogP contribution in [0, 0.1) is 6.92 Å². The number of nitrogens with one attached hydrogen (secondary N) is 1. The molecule has 25 heavy (non-hydrogen) atoms. The number of methoxy groups -OCH3 is 1. The van der Waals surface area contributed by atoms with Gasteiger partial charge in [0.2, 0.25) is 5.91 Å². The molecule has 1 atom stereocenters. The van der Waals surface area contributed by atoms with Gasteiger partial charge in [-0.15, -0.1) is 0 Å². The molecule has 2 aromatic rings. The fourth-order valence-corrected chi connectivity index (χ4v) is 3.28. The summed E-state index contributed by atoms with van der Waals surface area (Å²) >= 11 is 0. The molecule has 2 heterocycles. The molecule has 6 nitrogen and oxygen atoms in total. The van der Waals surface area contributed by atoms with Crippen LogP contribution in [0.1, 0.15) is 36.0 Å². The zero-order valence-electron chi connectivity index (χ0n) is 15.0.